The lowest BCUT2D eigenvalue weighted by molar-refractivity contribution is 0.308. The summed E-state index contributed by atoms with van der Waals surface area (Å²) in [5, 5.41) is 9.42. The number of phenols is 1. The number of aromatic hydroxyl groups is 1. The molecule has 1 N–H and O–H groups in total. The molecule has 3 rings (SSSR count). The quantitative estimate of drug-likeness (QED) is 0.474. The minimum atomic E-state index is -3.82. The zero-order valence-electron chi connectivity index (χ0n) is 15.2. The molecular weight excluding hydrogens is 380 g/mol. The Morgan fingerprint density at radius 2 is 1.48 bits per heavy atom. The molecule has 0 radical (unpaired) electrons. The van der Waals surface area contributed by atoms with Crippen molar-refractivity contribution in [2.45, 2.75) is 18.4 Å². The third kappa shape index (κ3) is 5.60. The molecule has 4 nitrogen and oxygen atoms in total. The summed E-state index contributed by atoms with van der Waals surface area (Å²) in [6.45, 7) is 1.83. The molecule has 0 unspecified atom stereocenters. The molecular formula is C21H22O4S2. The van der Waals surface area contributed by atoms with Gasteiger partial charge in [0.1, 0.15) is 5.75 Å². The Morgan fingerprint density at radius 1 is 0.889 bits per heavy atom. The Kier molecular flexibility index (Phi) is 7.47. The van der Waals surface area contributed by atoms with Crippen LogP contribution in [0.2, 0.25) is 0 Å². The summed E-state index contributed by atoms with van der Waals surface area (Å²) in [5.41, 5.74) is 3.48. The molecule has 0 saturated carbocycles. The second kappa shape index (κ2) is 9.60. The first kappa shape index (κ1) is 21.0. The lowest BCUT2D eigenvalue weighted by Gasteiger charge is -2.11. The van der Waals surface area contributed by atoms with Gasteiger partial charge < -0.3 is 5.11 Å². The molecule has 0 aliphatic carbocycles. The van der Waals surface area contributed by atoms with E-state index in [4.69, 9.17) is 4.18 Å². The maximum atomic E-state index is 12.4. The van der Waals surface area contributed by atoms with Gasteiger partial charge in [-0.25, -0.2) is 0 Å². The monoisotopic (exact) mass is 402 g/mol. The van der Waals surface area contributed by atoms with Gasteiger partial charge >= 0.3 is 0 Å². The fourth-order valence-electron chi connectivity index (χ4n) is 2.48. The Bertz CT molecular complexity index is 964. The van der Waals surface area contributed by atoms with E-state index in [1.54, 1.807) is 42.7 Å². The van der Waals surface area contributed by atoms with E-state index in [1.165, 1.54) is 12.1 Å². The summed E-state index contributed by atoms with van der Waals surface area (Å²) in [6.07, 6.45) is 1.69. The topological polar surface area (TPSA) is 63.6 Å². The largest absolute Gasteiger partial charge is 0.508 e. The van der Waals surface area contributed by atoms with Crippen LogP contribution in [0.5, 0.6) is 5.75 Å². The van der Waals surface area contributed by atoms with Crippen molar-refractivity contribution in [3.8, 4) is 16.9 Å². The molecule has 3 aromatic rings. The van der Waals surface area contributed by atoms with Gasteiger partial charge in [0.25, 0.3) is 10.1 Å². The zero-order chi connectivity index (χ0) is 19.9. The predicted molar refractivity (Wildman–Crippen MR) is 112 cm³/mol. The molecule has 142 valence electrons. The van der Waals surface area contributed by atoms with E-state index in [-0.39, 0.29) is 17.3 Å². The number of thiol groups is 1. The van der Waals surface area contributed by atoms with E-state index >= 15 is 0 Å². The minimum Gasteiger partial charge on any atom is -0.508 e. The number of phenolic OH excluding ortho intramolecular Hbond substituents is 1. The highest BCUT2D eigenvalue weighted by molar-refractivity contribution is 7.86. The van der Waals surface area contributed by atoms with Gasteiger partial charge in [-0.2, -0.15) is 21.0 Å². The van der Waals surface area contributed by atoms with Gasteiger partial charge in [-0.15, -0.1) is 0 Å². The van der Waals surface area contributed by atoms with E-state index in [1.807, 2.05) is 31.2 Å². The lowest BCUT2D eigenvalue weighted by atomic mass is 10.0. The summed E-state index contributed by atoms with van der Waals surface area (Å²) in [7, 11) is -3.82. The molecule has 0 amide bonds. The highest BCUT2D eigenvalue weighted by atomic mass is 32.2. The van der Waals surface area contributed by atoms with Gasteiger partial charge in [0.15, 0.2) is 0 Å². The Labute approximate surface area is 166 Å². The first-order valence-corrected chi connectivity index (χ1v) is 10.5. The molecule has 0 heterocycles. The van der Waals surface area contributed by atoms with Crippen molar-refractivity contribution in [1.82, 2.24) is 0 Å². The molecule has 0 aromatic heterocycles. The van der Waals surface area contributed by atoms with Crippen molar-refractivity contribution < 1.29 is 17.7 Å². The molecule has 0 spiro atoms. The van der Waals surface area contributed by atoms with Crippen LogP contribution in [0, 0.1) is 6.92 Å². The van der Waals surface area contributed by atoms with Gasteiger partial charge in [0, 0.05) is 0 Å². The van der Waals surface area contributed by atoms with Gasteiger partial charge in [-0.05, 0) is 54.1 Å². The van der Waals surface area contributed by atoms with Crippen molar-refractivity contribution in [1.29, 1.82) is 0 Å². The highest BCUT2D eigenvalue weighted by Gasteiger charge is 2.16. The second-order valence-electron chi connectivity index (χ2n) is 5.73. The van der Waals surface area contributed by atoms with Crippen LogP contribution in [0.15, 0.2) is 77.7 Å². The number of benzene rings is 3. The summed E-state index contributed by atoms with van der Waals surface area (Å²) >= 11 is 3.53. The lowest BCUT2D eigenvalue weighted by Crippen LogP contribution is -2.07. The molecule has 0 atom stereocenters. The van der Waals surface area contributed by atoms with E-state index < -0.39 is 10.1 Å². The maximum absolute atomic E-state index is 12.4. The highest BCUT2D eigenvalue weighted by Crippen LogP contribution is 2.27. The zero-order valence-corrected chi connectivity index (χ0v) is 16.9. The fraction of sp³-hybridized carbons (Fsp3) is 0.143. The van der Waals surface area contributed by atoms with Crippen LogP contribution >= 0.6 is 12.6 Å². The van der Waals surface area contributed by atoms with E-state index in [0.29, 0.717) is 0 Å². The molecule has 27 heavy (non-hydrogen) atoms. The van der Waals surface area contributed by atoms with Crippen LogP contribution in [0.4, 0.5) is 0 Å². The number of hydrogen-bond acceptors (Lipinski definition) is 5. The average molecular weight is 403 g/mol. The van der Waals surface area contributed by atoms with Crippen molar-refractivity contribution in [2.75, 3.05) is 6.26 Å². The van der Waals surface area contributed by atoms with E-state index in [9.17, 15) is 13.5 Å². The van der Waals surface area contributed by atoms with Crippen LogP contribution in [0.1, 0.15) is 11.1 Å². The SMILES string of the molecule is CS.Cc1ccc(S(=O)(=O)OCc2ccccc2-c2ccc(O)cc2)cc1. The fourth-order valence-corrected chi connectivity index (χ4v) is 3.37. The first-order valence-electron chi connectivity index (χ1n) is 8.24. The molecule has 0 fully saturated rings. The normalized spacial score (nSPS) is 10.8. The summed E-state index contributed by atoms with van der Waals surface area (Å²) in [4.78, 5) is 0.139. The summed E-state index contributed by atoms with van der Waals surface area (Å²) in [6, 6.07) is 20.7. The van der Waals surface area contributed by atoms with Gasteiger partial charge in [-0.1, -0.05) is 54.1 Å². The standard InChI is InChI=1S/C20H18O4S.CH4S/c1-15-6-12-19(13-7-15)25(22,23)24-14-17-4-2-3-5-20(17)16-8-10-18(21)11-9-16;1-2/h2-13,21H,14H2,1H3;2H,1H3. The third-order valence-corrected chi connectivity index (χ3v) is 5.15. The predicted octanol–water partition coefficient (Wildman–Crippen LogP) is 4.82. The van der Waals surface area contributed by atoms with Crippen LogP contribution < -0.4 is 0 Å². The molecule has 0 aliphatic rings. The van der Waals surface area contributed by atoms with Gasteiger partial charge in [0.05, 0.1) is 11.5 Å². The van der Waals surface area contributed by atoms with Crippen molar-refractivity contribution >= 4 is 22.7 Å². The molecule has 3 aromatic carbocycles. The number of aryl methyl sites for hydroxylation is 1. The average Bonchev–Trinajstić information content (AvgIpc) is 2.69. The van der Waals surface area contributed by atoms with Crippen LogP contribution in [0.3, 0.4) is 0 Å². The second-order valence-corrected chi connectivity index (χ2v) is 7.35. The first-order chi connectivity index (χ1) is 13.0. The smallest absolute Gasteiger partial charge is 0.297 e. The van der Waals surface area contributed by atoms with Gasteiger partial charge in [0.2, 0.25) is 0 Å². The van der Waals surface area contributed by atoms with E-state index in [0.717, 1.165) is 22.3 Å². The Morgan fingerprint density at radius 3 is 2.11 bits per heavy atom. The van der Waals surface area contributed by atoms with Gasteiger partial charge in [-0.3, -0.25) is 4.18 Å². The van der Waals surface area contributed by atoms with Crippen molar-refractivity contribution in [2.24, 2.45) is 0 Å². The Balaban J connectivity index is 0.00000126. The molecule has 0 aliphatic heterocycles. The van der Waals surface area contributed by atoms with Crippen LogP contribution in [0.25, 0.3) is 11.1 Å². The number of hydrogen-bond donors (Lipinski definition) is 2. The maximum Gasteiger partial charge on any atom is 0.297 e. The van der Waals surface area contributed by atoms with Crippen LogP contribution in [-0.2, 0) is 20.9 Å². The third-order valence-electron chi connectivity index (χ3n) is 3.87. The molecule has 6 heteroatoms. The van der Waals surface area contributed by atoms with Crippen LogP contribution in [-0.4, -0.2) is 19.8 Å². The Hall–Kier alpha value is -2.28. The minimum absolute atomic E-state index is 0.0622. The summed E-state index contributed by atoms with van der Waals surface area (Å²) in [5.74, 6) is 0.180. The summed E-state index contributed by atoms with van der Waals surface area (Å²) < 4.78 is 30.0. The van der Waals surface area contributed by atoms with Crippen molar-refractivity contribution in [3.05, 3.63) is 83.9 Å². The van der Waals surface area contributed by atoms with E-state index in [2.05, 4.69) is 12.6 Å². The number of rotatable bonds is 5. The van der Waals surface area contributed by atoms with Crippen molar-refractivity contribution in [3.63, 3.8) is 0 Å². The molecule has 0 saturated heterocycles. The molecule has 0 bridgehead atoms.